The molecule has 6 heteroatoms. The van der Waals surface area contributed by atoms with Crippen LogP contribution in [-0.2, 0) is 9.53 Å². The molecular formula is C23H33N3O3. The number of ether oxygens (including phenoxy) is 1. The predicted octanol–water partition coefficient (Wildman–Crippen LogP) is 2.25. The highest BCUT2D eigenvalue weighted by Gasteiger charge is 2.50. The summed E-state index contributed by atoms with van der Waals surface area (Å²) in [5.41, 5.74) is 0.513. The molecule has 1 aromatic rings. The third-order valence-electron chi connectivity index (χ3n) is 6.94. The quantitative estimate of drug-likeness (QED) is 0.727. The summed E-state index contributed by atoms with van der Waals surface area (Å²) < 4.78 is 5.69. The van der Waals surface area contributed by atoms with Gasteiger partial charge in [-0.25, -0.2) is 0 Å². The molecule has 1 unspecified atom stereocenters. The van der Waals surface area contributed by atoms with Crippen LogP contribution in [0.3, 0.4) is 0 Å². The highest BCUT2D eigenvalue weighted by molar-refractivity contribution is 5.94. The van der Waals surface area contributed by atoms with Gasteiger partial charge >= 0.3 is 5.97 Å². The SMILES string of the molecule is CN(C)CC1CC2(CCN(C3CCN(C(=O)c4ccccc4)CC3)CC2)C(=O)O1. The molecule has 1 atom stereocenters. The summed E-state index contributed by atoms with van der Waals surface area (Å²) >= 11 is 0. The van der Waals surface area contributed by atoms with Crippen LogP contribution in [0, 0.1) is 5.41 Å². The van der Waals surface area contributed by atoms with Gasteiger partial charge < -0.3 is 19.4 Å². The third-order valence-corrected chi connectivity index (χ3v) is 6.94. The Hall–Kier alpha value is -1.92. The van der Waals surface area contributed by atoms with Crippen molar-refractivity contribution in [2.24, 2.45) is 5.41 Å². The predicted molar refractivity (Wildman–Crippen MR) is 112 cm³/mol. The summed E-state index contributed by atoms with van der Waals surface area (Å²) in [6.07, 6.45) is 4.73. The van der Waals surface area contributed by atoms with Crippen LogP contribution in [-0.4, -0.2) is 85.5 Å². The summed E-state index contributed by atoms with van der Waals surface area (Å²) in [6.45, 7) is 4.35. The van der Waals surface area contributed by atoms with Crippen molar-refractivity contribution < 1.29 is 14.3 Å². The van der Waals surface area contributed by atoms with E-state index in [0.717, 1.165) is 70.4 Å². The number of carbonyl (C=O) groups excluding carboxylic acids is 2. The Morgan fingerprint density at radius 2 is 1.76 bits per heavy atom. The van der Waals surface area contributed by atoms with E-state index in [0.29, 0.717) is 6.04 Å². The van der Waals surface area contributed by atoms with Crippen LogP contribution in [0.1, 0.15) is 42.5 Å². The standard InChI is InChI=1S/C23H33N3O3/c1-24(2)17-20-16-23(22(28)29-20)10-14-25(15-11-23)19-8-12-26(13-9-19)21(27)18-6-4-3-5-7-18/h3-7,19-20H,8-17H2,1-2H3. The van der Waals surface area contributed by atoms with Crippen molar-refractivity contribution in [3.05, 3.63) is 35.9 Å². The largest absolute Gasteiger partial charge is 0.461 e. The van der Waals surface area contributed by atoms with Crippen LogP contribution in [0.4, 0.5) is 0 Å². The van der Waals surface area contributed by atoms with Crippen molar-refractivity contribution in [2.45, 2.75) is 44.2 Å². The number of hydrogen-bond acceptors (Lipinski definition) is 5. The summed E-state index contributed by atoms with van der Waals surface area (Å²) in [5, 5.41) is 0. The third kappa shape index (κ3) is 4.33. The molecule has 0 radical (unpaired) electrons. The number of likely N-dealkylation sites (tertiary alicyclic amines) is 2. The first-order chi connectivity index (χ1) is 14.0. The van der Waals surface area contributed by atoms with Crippen molar-refractivity contribution in [1.29, 1.82) is 0 Å². The van der Waals surface area contributed by atoms with E-state index in [1.165, 1.54) is 0 Å². The van der Waals surface area contributed by atoms with E-state index < -0.39 is 0 Å². The second-order valence-electron chi connectivity index (χ2n) is 9.20. The lowest BCUT2D eigenvalue weighted by Crippen LogP contribution is -2.51. The molecule has 0 saturated carbocycles. The second kappa shape index (κ2) is 8.44. The molecule has 0 bridgehead atoms. The smallest absolute Gasteiger partial charge is 0.312 e. The maximum Gasteiger partial charge on any atom is 0.312 e. The average molecular weight is 400 g/mol. The molecule has 0 aromatic heterocycles. The Morgan fingerprint density at radius 1 is 1.10 bits per heavy atom. The van der Waals surface area contributed by atoms with Gasteiger partial charge in [-0.1, -0.05) is 18.2 Å². The number of benzene rings is 1. The molecule has 0 aliphatic carbocycles. The molecular weight excluding hydrogens is 366 g/mol. The zero-order valence-corrected chi connectivity index (χ0v) is 17.7. The lowest BCUT2D eigenvalue weighted by atomic mass is 9.75. The van der Waals surface area contributed by atoms with E-state index in [-0.39, 0.29) is 23.4 Å². The number of amides is 1. The number of cyclic esters (lactones) is 1. The number of esters is 1. The first-order valence-corrected chi connectivity index (χ1v) is 10.9. The number of rotatable bonds is 4. The van der Waals surface area contributed by atoms with Crippen LogP contribution in [0.25, 0.3) is 0 Å². The minimum absolute atomic E-state index is 0.0206. The summed E-state index contributed by atoms with van der Waals surface area (Å²) in [6, 6.07) is 10.1. The second-order valence-corrected chi connectivity index (χ2v) is 9.20. The molecule has 158 valence electrons. The Labute approximate surface area is 173 Å². The Balaban J connectivity index is 1.27. The van der Waals surface area contributed by atoms with Crippen LogP contribution in [0.2, 0.25) is 0 Å². The number of carbonyl (C=O) groups is 2. The topological polar surface area (TPSA) is 53.1 Å². The van der Waals surface area contributed by atoms with E-state index in [2.05, 4.69) is 9.80 Å². The molecule has 3 saturated heterocycles. The fourth-order valence-electron chi connectivity index (χ4n) is 5.27. The fourth-order valence-corrected chi connectivity index (χ4v) is 5.27. The molecule has 4 rings (SSSR count). The lowest BCUT2D eigenvalue weighted by Gasteiger charge is -2.43. The van der Waals surface area contributed by atoms with Gasteiger partial charge in [-0.05, 0) is 65.0 Å². The van der Waals surface area contributed by atoms with Crippen molar-refractivity contribution in [1.82, 2.24) is 14.7 Å². The monoisotopic (exact) mass is 399 g/mol. The first-order valence-electron chi connectivity index (χ1n) is 10.9. The number of hydrogen-bond donors (Lipinski definition) is 0. The maximum atomic E-state index is 12.7. The molecule has 6 nitrogen and oxygen atoms in total. The van der Waals surface area contributed by atoms with Gasteiger partial charge in [0.2, 0.25) is 0 Å². The minimum atomic E-state index is -0.263. The molecule has 1 amide bonds. The van der Waals surface area contributed by atoms with Crippen molar-refractivity contribution in [3.8, 4) is 0 Å². The van der Waals surface area contributed by atoms with Gasteiger partial charge in [-0.15, -0.1) is 0 Å². The fraction of sp³-hybridized carbons (Fsp3) is 0.652. The Bertz CT molecular complexity index is 720. The summed E-state index contributed by atoms with van der Waals surface area (Å²) in [4.78, 5) is 31.8. The zero-order chi connectivity index (χ0) is 20.4. The van der Waals surface area contributed by atoms with Crippen molar-refractivity contribution in [3.63, 3.8) is 0 Å². The van der Waals surface area contributed by atoms with Crippen molar-refractivity contribution >= 4 is 11.9 Å². The molecule has 29 heavy (non-hydrogen) atoms. The number of nitrogens with zero attached hydrogens (tertiary/aromatic N) is 3. The van der Waals surface area contributed by atoms with Gasteiger partial charge in [-0.2, -0.15) is 0 Å². The van der Waals surface area contributed by atoms with Gasteiger partial charge in [0.15, 0.2) is 0 Å². The number of piperidine rings is 2. The highest BCUT2D eigenvalue weighted by atomic mass is 16.6. The van der Waals surface area contributed by atoms with E-state index in [4.69, 9.17) is 4.74 Å². The Kier molecular flexibility index (Phi) is 5.93. The van der Waals surface area contributed by atoms with E-state index in [1.807, 2.05) is 49.3 Å². The summed E-state index contributed by atoms with van der Waals surface area (Å²) in [5.74, 6) is 0.162. The van der Waals surface area contributed by atoms with E-state index in [1.54, 1.807) is 0 Å². The number of likely N-dealkylation sites (N-methyl/N-ethyl adjacent to an activating group) is 1. The van der Waals surface area contributed by atoms with Gasteiger partial charge in [0.05, 0.1) is 5.41 Å². The van der Waals surface area contributed by atoms with Crippen LogP contribution < -0.4 is 0 Å². The molecule has 1 aromatic carbocycles. The van der Waals surface area contributed by atoms with Crippen LogP contribution >= 0.6 is 0 Å². The molecule has 3 fully saturated rings. The maximum absolute atomic E-state index is 12.7. The molecule has 3 aliphatic rings. The Morgan fingerprint density at radius 3 is 2.38 bits per heavy atom. The van der Waals surface area contributed by atoms with Crippen LogP contribution in [0.15, 0.2) is 30.3 Å². The first kappa shape index (κ1) is 20.4. The normalized spacial score (nSPS) is 25.6. The molecule has 1 spiro atoms. The summed E-state index contributed by atoms with van der Waals surface area (Å²) in [7, 11) is 4.05. The highest BCUT2D eigenvalue weighted by Crippen LogP contribution is 2.44. The zero-order valence-electron chi connectivity index (χ0n) is 17.7. The van der Waals surface area contributed by atoms with Gasteiger partial charge in [-0.3, -0.25) is 9.59 Å². The molecule has 3 heterocycles. The van der Waals surface area contributed by atoms with E-state index >= 15 is 0 Å². The van der Waals surface area contributed by atoms with E-state index in [9.17, 15) is 9.59 Å². The van der Waals surface area contributed by atoms with Gasteiger partial charge in [0, 0.05) is 37.7 Å². The molecule has 0 N–H and O–H groups in total. The molecule has 3 aliphatic heterocycles. The van der Waals surface area contributed by atoms with Gasteiger partial charge in [0.25, 0.3) is 5.91 Å². The van der Waals surface area contributed by atoms with Crippen molar-refractivity contribution in [2.75, 3.05) is 46.8 Å². The van der Waals surface area contributed by atoms with Crippen LogP contribution in [0.5, 0.6) is 0 Å². The lowest BCUT2D eigenvalue weighted by molar-refractivity contribution is -0.151. The minimum Gasteiger partial charge on any atom is -0.461 e. The average Bonchev–Trinajstić information content (AvgIpc) is 3.02. The van der Waals surface area contributed by atoms with Gasteiger partial charge in [0.1, 0.15) is 6.10 Å².